The van der Waals surface area contributed by atoms with Crippen LogP contribution < -0.4 is 5.32 Å². The summed E-state index contributed by atoms with van der Waals surface area (Å²) >= 11 is 0. The van der Waals surface area contributed by atoms with Gasteiger partial charge in [0.05, 0.1) is 19.4 Å². The van der Waals surface area contributed by atoms with Crippen LogP contribution in [0.2, 0.25) is 0 Å². The van der Waals surface area contributed by atoms with Crippen LogP contribution in [-0.2, 0) is 17.8 Å². The van der Waals surface area contributed by atoms with Crippen molar-refractivity contribution in [1.82, 2.24) is 10.2 Å². The lowest BCUT2D eigenvalue weighted by atomic mass is 10.3. The van der Waals surface area contributed by atoms with E-state index < -0.39 is 0 Å². The standard InChI is InChI=1S/C15H26N2O2/c1-3-17(7-8-18-4-2)11-15-9-13(12-19-15)10-16-14-5-6-14/h9,12,14,16H,3-8,10-11H2,1-2H3. The molecule has 1 aromatic heterocycles. The number of nitrogens with zero attached hydrogens (tertiary/aromatic N) is 1. The maximum Gasteiger partial charge on any atom is 0.118 e. The van der Waals surface area contributed by atoms with E-state index in [1.807, 2.05) is 13.2 Å². The lowest BCUT2D eigenvalue weighted by Gasteiger charge is -2.18. The van der Waals surface area contributed by atoms with Gasteiger partial charge in [0.1, 0.15) is 5.76 Å². The molecule has 1 aromatic rings. The second kappa shape index (κ2) is 7.68. The van der Waals surface area contributed by atoms with Gasteiger partial charge in [0.15, 0.2) is 0 Å². The van der Waals surface area contributed by atoms with Crippen molar-refractivity contribution in [2.24, 2.45) is 0 Å². The molecule has 0 aliphatic heterocycles. The molecule has 19 heavy (non-hydrogen) atoms. The fraction of sp³-hybridized carbons (Fsp3) is 0.733. The Morgan fingerprint density at radius 3 is 2.95 bits per heavy atom. The smallest absolute Gasteiger partial charge is 0.118 e. The molecule has 1 aliphatic carbocycles. The van der Waals surface area contributed by atoms with Crippen molar-refractivity contribution in [3.8, 4) is 0 Å². The van der Waals surface area contributed by atoms with Gasteiger partial charge in [0.25, 0.3) is 0 Å². The average molecular weight is 266 g/mol. The van der Waals surface area contributed by atoms with Crippen molar-refractivity contribution in [1.29, 1.82) is 0 Å². The predicted octanol–water partition coefficient (Wildman–Crippen LogP) is 2.39. The molecule has 2 rings (SSSR count). The molecular formula is C15H26N2O2. The van der Waals surface area contributed by atoms with Crippen LogP contribution in [0.1, 0.15) is 38.0 Å². The Balaban J connectivity index is 1.72. The zero-order valence-electron chi connectivity index (χ0n) is 12.2. The van der Waals surface area contributed by atoms with Crippen LogP contribution in [0.15, 0.2) is 16.7 Å². The van der Waals surface area contributed by atoms with Crippen molar-refractivity contribution >= 4 is 0 Å². The Morgan fingerprint density at radius 2 is 2.26 bits per heavy atom. The fourth-order valence-corrected chi connectivity index (χ4v) is 2.06. The van der Waals surface area contributed by atoms with Crippen LogP contribution >= 0.6 is 0 Å². The zero-order chi connectivity index (χ0) is 13.5. The van der Waals surface area contributed by atoms with E-state index in [9.17, 15) is 0 Å². The van der Waals surface area contributed by atoms with Crippen molar-refractivity contribution < 1.29 is 9.15 Å². The number of rotatable bonds is 10. The largest absolute Gasteiger partial charge is 0.468 e. The topological polar surface area (TPSA) is 37.6 Å². The summed E-state index contributed by atoms with van der Waals surface area (Å²) in [5.41, 5.74) is 1.25. The summed E-state index contributed by atoms with van der Waals surface area (Å²) in [6, 6.07) is 2.91. The highest BCUT2D eigenvalue weighted by Gasteiger charge is 2.20. The number of likely N-dealkylation sites (N-methyl/N-ethyl adjacent to an activating group) is 1. The first-order valence-electron chi connectivity index (χ1n) is 7.41. The van der Waals surface area contributed by atoms with Gasteiger partial charge in [0, 0.05) is 31.3 Å². The molecule has 1 aliphatic rings. The average Bonchev–Trinajstić information content (AvgIpc) is 3.15. The number of ether oxygens (including phenoxy) is 1. The molecule has 4 nitrogen and oxygen atoms in total. The lowest BCUT2D eigenvalue weighted by Crippen LogP contribution is -2.26. The summed E-state index contributed by atoms with van der Waals surface area (Å²) in [6.45, 7) is 9.55. The Bertz CT molecular complexity index is 361. The summed E-state index contributed by atoms with van der Waals surface area (Å²) in [7, 11) is 0. The normalized spacial score (nSPS) is 15.3. The SMILES string of the molecule is CCOCCN(CC)Cc1cc(CNC2CC2)co1. The maximum absolute atomic E-state index is 5.63. The number of hydrogen-bond acceptors (Lipinski definition) is 4. The molecule has 0 bridgehead atoms. The van der Waals surface area contributed by atoms with E-state index in [1.165, 1.54) is 18.4 Å². The first-order chi connectivity index (χ1) is 9.31. The van der Waals surface area contributed by atoms with Gasteiger partial charge in [-0.25, -0.2) is 0 Å². The van der Waals surface area contributed by atoms with Crippen LogP contribution in [0.4, 0.5) is 0 Å². The molecule has 0 unspecified atom stereocenters. The second-order valence-electron chi connectivity index (χ2n) is 5.14. The van der Waals surface area contributed by atoms with E-state index in [0.29, 0.717) is 0 Å². The van der Waals surface area contributed by atoms with Gasteiger partial charge in [-0.1, -0.05) is 6.92 Å². The molecule has 0 amide bonds. The maximum atomic E-state index is 5.63. The molecule has 1 heterocycles. The van der Waals surface area contributed by atoms with Crippen molar-refractivity contribution in [2.45, 2.75) is 45.8 Å². The van der Waals surface area contributed by atoms with Crippen molar-refractivity contribution in [3.63, 3.8) is 0 Å². The van der Waals surface area contributed by atoms with Crippen LogP contribution in [0.5, 0.6) is 0 Å². The number of nitrogens with one attached hydrogen (secondary N) is 1. The van der Waals surface area contributed by atoms with Gasteiger partial charge in [-0.3, -0.25) is 4.90 Å². The first kappa shape index (κ1) is 14.6. The Hall–Kier alpha value is -0.840. The van der Waals surface area contributed by atoms with E-state index in [4.69, 9.17) is 9.15 Å². The Kier molecular flexibility index (Phi) is 5.89. The third-order valence-electron chi connectivity index (χ3n) is 3.46. The van der Waals surface area contributed by atoms with E-state index in [2.05, 4.69) is 23.2 Å². The van der Waals surface area contributed by atoms with E-state index in [-0.39, 0.29) is 0 Å². The summed E-state index contributed by atoms with van der Waals surface area (Å²) in [6.07, 6.45) is 4.53. The van der Waals surface area contributed by atoms with E-state index in [0.717, 1.165) is 51.2 Å². The number of furan rings is 1. The Labute approximate surface area is 116 Å². The summed E-state index contributed by atoms with van der Waals surface area (Å²) in [5.74, 6) is 1.05. The molecule has 0 atom stereocenters. The minimum Gasteiger partial charge on any atom is -0.468 e. The highest BCUT2D eigenvalue weighted by molar-refractivity contribution is 5.13. The summed E-state index contributed by atoms with van der Waals surface area (Å²) in [4.78, 5) is 2.34. The minimum atomic E-state index is 0.747. The first-order valence-corrected chi connectivity index (χ1v) is 7.41. The van der Waals surface area contributed by atoms with Crippen molar-refractivity contribution in [2.75, 3.05) is 26.3 Å². The lowest BCUT2D eigenvalue weighted by molar-refractivity contribution is 0.110. The molecule has 0 aromatic carbocycles. The highest BCUT2D eigenvalue weighted by atomic mass is 16.5. The molecule has 1 saturated carbocycles. The fourth-order valence-electron chi connectivity index (χ4n) is 2.06. The molecular weight excluding hydrogens is 240 g/mol. The van der Waals surface area contributed by atoms with Gasteiger partial charge >= 0.3 is 0 Å². The zero-order valence-corrected chi connectivity index (χ0v) is 12.2. The van der Waals surface area contributed by atoms with E-state index >= 15 is 0 Å². The third kappa shape index (κ3) is 5.35. The third-order valence-corrected chi connectivity index (χ3v) is 3.46. The molecule has 0 saturated heterocycles. The van der Waals surface area contributed by atoms with Crippen LogP contribution in [0, 0.1) is 0 Å². The minimum absolute atomic E-state index is 0.747. The van der Waals surface area contributed by atoms with Gasteiger partial charge in [-0.05, 0) is 32.4 Å². The molecule has 108 valence electrons. The van der Waals surface area contributed by atoms with E-state index in [1.54, 1.807) is 0 Å². The molecule has 4 heteroatoms. The van der Waals surface area contributed by atoms with Crippen molar-refractivity contribution in [3.05, 3.63) is 23.7 Å². The molecule has 0 radical (unpaired) electrons. The monoisotopic (exact) mass is 266 g/mol. The van der Waals surface area contributed by atoms with Gasteiger partial charge in [-0.2, -0.15) is 0 Å². The molecule has 1 N–H and O–H groups in total. The second-order valence-corrected chi connectivity index (χ2v) is 5.14. The summed E-state index contributed by atoms with van der Waals surface area (Å²) in [5, 5.41) is 3.50. The van der Waals surface area contributed by atoms with Crippen LogP contribution in [0.3, 0.4) is 0 Å². The van der Waals surface area contributed by atoms with Gasteiger partial charge in [-0.15, -0.1) is 0 Å². The summed E-state index contributed by atoms with van der Waals surface area (Å²) < 4.78 is 11.0. The number of hydrogen-bond donors (Lipinski definition) is 1. The van der Waals surface area contributed by atoms with Gasteiger partial charge < -0.3 is 14.5 Å². The molecule has 1 fully saturated rings. The van der Waals surface area contributed by atoms with Gasteiger partial charge in [0.2, 0.25) is 0 Å². The van der Waals surface area contributed by atoms with Crippen LogP contribution in [-0.4, -0.2) is 37.2 Å². The van der Waals surface area contributed by atoms with Crippen LogP contribution in [0.25, 0.3) is 0 Å². The Morgan fingerprint density at radius 1 is 1.42 bits per heavy atom. The quantitative estimate of drug-likeness (QED) is 0.660. The predicted molar refractivity (Wildman–Crippen MR) is 76.0 cm³/mol. The highest BCUT2D eigenvalue weighted by Crippen LogP contribution is 2.19. The molecule has 0 spiro atoms.